The van der Waals surface area contributed by atoms with Crippen molar-refractivity contribution in [1.29, 1.82) is 0 Å². The summed E-state index contributed by atoms with van der Waals surface area (Å²) in [6, 6.07) is -0.729. The predicted molar refractivity (Wildman–Crippen MR) is 250 cm³/mol. The number of ether oxygens (including phenoxy) is 3. The molecule has 0 aromatic carbocycles. The minimum Gasteiger partial charge on any atom is -0.544 e. The number of hydrogen-bond donors (Lipinski definition) is 0. The molecule has 0 fully saturated rings. The number of quaternary nitrogens is 1. The molecule has 0 aromatic rings. The van der Waals surface area contributed by atoms with Crippen molar-refractivity contribution in [2.24, 2.45) is 0 Å². The van der Waals surface area contributed by atoms with E-state index in [-0.39, 0.29) is 42.7 Å². The Morgan fingerprint density at radius 3 is 1.38 bits per heavy atom. The Morgan fingerprint density at radius 2 is 0.933 bits per heavy atom. The zero-order valence-electron chi connectivity index (χ0n) is 39.9. The number of hydrogen-bond acceptors (Lipinski definition) is 7. The molecule has 0 spiro atoms. The second-order valence-corrected chi connectivity index (χ2v) is 18.0. The van der Waals surface area contributed by atoms with Crippen LogP contribution in [-0.2, 0) is 28.6 Å². The molecule has 350 valence electrons. The van der Waals surface area contributed by atoms with Gasteiger partial charge in [0.2, 0.25) is 0 Å². The van der Waals surface area contributed by atoms with Crippen molar-refractivity contribution in [3.8, 4) is 0 Å². The van der Waals surface area contributed by atoms with Crippen LogP contribution < -0.4 is 5.11 Å². The van der Waals surface area contributed by atoms with Gasteiger partial charge in [0.15, 0.2) is 6.10 Å². The maximum atomic E-state index is 12.7. The molecule has 0 radical (unpaired) electrons. The lowest BCUT2D eigenvalue weighted by molar-refractivity contribution is -0.889. The third-order valence-electron chi connectivity index (χ3n) is 11.3. The Bertz CT molecular complexity index is 1080. The summed E-state index contributed by atoms with van der Waals surface area (Å²) in [6.07, 6.45) is 50.4. The monoisotopic (exact) mass is 846 g/mol. The second-order valence-electron chi connectivity index (χ2n) is 18.0. The molecule has 2 unspecified atom stereocenters. The number of rotatable bonds is 45. The Hall–Kier alpha value is -2.45. The van der Waals surface area contributed by atoms with E-state index in [1.165, 1.54) is 122 Å². The molecule has 8 heteroatoms. The van der Waals surface area contributed by atoms with Crippen LogP contribution in [0.4, 0.5) is 0 Å². The van der Waals surface area contributed by atoms with Crippen LogP contribution in [0.15, 0.2) is 36.5 Å². The first-order chi connectivity index (χ1) is 29.1. The SMILES string of the molecule is CC/C=C/C/C=C/C/C=C/CCCCCCC(=O)OC(COCCC(C(=O)[O-])[N+](C)(C)C)COC(=O)CCCCCCCCCCCCCCCCCCCCCCCC. The number of carboxylic acid groups (broad SMARTS) is 1. The highest BCUT2D eigenvalue weighted by Crippen LogP contribution is 2.16. The topological polar surface area (TPSA) is 102 Å². The lowest BCUT2D eigenvalue weighted by atomic mass is 10.0. The van der Waals surface area contributed by atoms with Gasteiger partial charge in [0.05, 0.1) is 40.3 Å². The molecule has 0 N–H and O–H groups in total. The fraction of sp³-hybridized carbons (Fsp3) is 0.827. The Balaban J connectivity index is 4.19. The molecule has 0 amide bonds. The van der Waals surface area contributed by atoms with Gasteiger partial charge in [-0.15, -0.1) is 0 Å². The molecule has 0 saturated heterocycles. The Labute approximate surface area is 370 Å². The van der Waals surface area contributed by atoms with E-state index in [9.17, 15) is 19.5 Å². The zero-order chi connectivity index (χ0) is 44.2. The lowest BCUT2D eigenvalue weighted by Gasteiger charge is -2.34. The number of carbonyl (C=O) groups is 3. The van der Waals surface area contributed by atoms with Crippen molar-refractivity contribution in [2.75, 3.05) is 41.0 Å². The van der Waals surface area contributed by atoms with Gasteiger partial charge in [-0.25, -0.2) is 0 Å². The van der Waals surface area contributed by atoms with E-state index < -0.39 is 18.1 Å². The maximum Gasteiger partial charge on any atom is 0.306 e. The molecule has 0 aliphatic heterocycles. The van der Waals surface area contributed by atoms with Crippen LogP contribution in [0, 0.1) is 0 Å². The van der Waals surface area contributed by atoms with Crippen molar-refractivity contribution in [3.63, 3.8) is 0 Å². The molecule has 0 aromatic heterocycles. The second kappa shape index (κ2) is 43.2. The van der Waals surface area contributed by atoms with Gasteiger partial charge in [-0.2, -0.15) is 0 Å². The van der Waals surface area contributed by atoms with Gasteiger partial charge in [0.25, 0.3) is 0 Å². The number of carbonyl (C=O) groups excluding carboxylic acids is 3. The summed E-state index contributed by atoms with van der Waals surface area (Å²) in [7, 11) is 5.41. The first-order valence-corrected chi connectivity index (χ1v) is 25.0. The molecule has 60 heavy (non-hydrogen) atoms. The summed E-state index contributed by atoms with van der Waals surface area (Å²) in [5, 5.41) is 11.6. The van der Waals surface area contributed by atoms with Gasteiger partial charge < -0.3 is 28.6 Å². The standard InChI is InChI=1S/C52H95NO7/c1-6-8-10-12-14-16-18-20-22-23-24-25-26-27-28-29-31-32-34-36-38-40-42-50(54)59-47-48(46-58-45-44-49(52(56)57)53(3,4)5)60-51(55)43-41-39-37-35-33-30-21-19-17-15-13-11-9-7-2/h9,11,15,17,21,30,48-49H,6-8,10,12-14,16,18-20,22-29,31-47H2,1-5H3/b11-9+,17-15+,30-21+. The number of allylic oxidation sites excluding steroid dienone is 6. The molecule has 0 saturated carbocycles. The number of nitrogens with zero attached hydrogens (tertiary/aromatic N) is 1. The molecular weight excluding hydrogens is 751 g/mol. The summed E-state index contributed by atoms with van der Waals surface area (Å²) < 4.78 is 17.2. The van der Waals surface area contributed by atoms with Gasteiger partial charge >= 0.3 is 11.9 Å². The summed E-state index contributed by atoms with van der Waals surface area (Å²) in [4.78, 5) is 36.9. The van der Waals surface area contributed by atoms with E-state index in [1.54, 1.807) is 21.1 Å². The third-order valence-corrected chi connectivity index (χ3v) is 11.3. The van der Waals surface area contributed by atoms with E-state index in [0.717, 1.165) is 70.6 Å². The van der Waals surface area contributed by atoms with Crippen molar-refractivity contribution in [2.45, 2.75) is 238 Å². The number of aliphatic carboxylic acids is 1. The summed E-state index contributed by atoms with van der Waals surface area (Å²) in [5.41, 5.74) is 0. The van der Waals surface area contributed by atoms with Crippen LogP contribution in [0.25, 0.3) is 0 Å². The number of esters is 2. The van der Waals surface area contributed by atoms with Crippen LogP contribution in [0.5, 0.6) is 0 Å². The van der Waals surface area contributed by atoms with Crippen LogP contribution >= 0.6 is 0 Å². The van der Waals surface area contributed by atoms with Crippen molar-refractivity contribution >= 4 is 17.9 Å². The lowest BCUT2D eigenvalue weighted by Crippen LogP contribution is -2.55. The zero-order valence-corrected chi connectivity index (χ0v) is 39.9. The largest absolute Gasteiger partial charge is 0.544 e. The maximum absolute atomic E-state index is 12.7. The van der Waals surface area contributed by atoms with Crippen molar-refractivity contribution < 1.29 is 38.2 Å². The first kappa shape index (κ1) is 57.5. The molecule has 8 nitrogen and oxygen atoms in total. The molecular formula is C52H95NO7. The quantitative estimate of drug-likeness (QED) is 0.0260. The number of likely N-dealkylation sites (N-methyl/N-ethyl adjacent to an activating group) is 1. The van der Waals surface area contributed by atoms with Gasteiger partial charge in [-0.3, -0.25) is 9.59 Å². The van der Waals surface area contributed by atoms with E-state index in [2.05, 4.69) is 50.3 Å². The van der Waals surface area contributed by atoms with Crippen LogP contribution in [-0.4, -0.2) is 75.5 Å². The highest BCUT2D eigenvalue weighted by molar-refractivity contribution is 5.70. The van der Waals surface area contributed by atoms with Gasteiger partial charge in [-0.05, 0) is 44.9 Å². The average Bonchev–Trinajstić information content (AvgIpc) is 3.21. The average molecular weight is 846 g/mol. The highest BCUT2D eigenvalue weighted by Gasteiger charge is 2.25. The summed E-state index contributed by atoms with van der Waals surface area (Å²) in [6.45, 7) is 4.55. The summed E-state index contributed by atoms with van der Waals surface area (Å²) in [5.74, 6) is -1.75. The minimum absolute atomic E-state index is 0.0340. The van der Waals surface area contributed by atoms with E-state index in [4.69, 9.17) is 14.2 Å². The van der Waals surface area contributed by atoms with E-state index >= 15 is 0 Å². The number of carboxylic acids is 1. The molecule has 0 bridgehead atoms. The molecule has 0 aliphatic carbocycles. The van der Waals surface area contributed by atoms with E-state index in [0.29, 0.717) is 12.8 Å². The number of unbranched alkanes of at least 4 members (excludes halogenated alkanes) is 25. The minimum atomic E-state index is -1.13. The molecule has 0 rings (SSSR count). The Morgan fingerprint density at radius 1 is 0.517 bits per heavy atom. The fourth-order valence-corrected chi connectivity index (χ4v) is 7.44. The normalized spacial score (nSPS) is 13.2. The summed E-state index contributed by atoms with van der Waals surface area (Å²) >= 11 is 0. The van der Waals surface area contributed by atoms with Crippen LogP contribution in [0.3, 0.4) is 0 Å². The van der Waals surface area contributed by atoms with Gasteiger partial charge in [0.1, 0.15) is 12.6 Å². The molecule has 0 heterocycles. The van der Waals surface area contributed by atoms with Gasteiger partial charge in [-0.1, -0.05) is 198 Å². The smallest absolute Gasteiger partial charge is 0.306 e. The van der Waals surface area contributed by atoms with E-state index in [1.807, 2.05) is 0 Å². The predicted octanol–water partition coefficient (Wildman–Crippen LogP) is 12.9. The first-order valence-electron chi connectivity index (χ1n) is 25.0. The van der Waals surface area contributed by atoms with Crippen molar-refractivity contribution in [1.82, 2.24) is 0 Å². The highest BCUT2D eigenvalue weighted by atomic mass is 16.6. The van der Waals surface area contributed by atoms with Crippen LogP contribution in [0.2, 0.25) is 0 Å². The van der Waals surface area contributed by atoms with Crippen molar-refractivity contribution in [3.05, 3.63) is 36.5 Å². The fourth-order valence-electron chi connectivity index (χ4n) is 7.44. The van der Waals surface area contributed by atoms with Crippen LogP contribution in [0.1, 0.15) is 226 Å². The van der Waals surface area contributed by atoms with Gasteiger partial charge in [0, 0.05) is 19.3 Å². The molecule has 2 atom stereocenters. The molecule has 0 aliphatic rings. The Kier molecular flexibility index (Phi) is 41.4. The third kappa shape index (κ3) is 40.9.